The lowest BCUT2D eigenvalue weighted by atomic mass is 9.83. The third-order valence-corrected chi connectivity index (χ3v) is 4.60. The van der Waals surface area contributed by atoms with Crippen LogP contribution in [0, 0.1) is 11.7 Å². The number of halogens is 4. The maximum Gasteiger partial charge on any atom is 0.573 e. The summed E-state index contributed by atoms with van der Waals surface area (Å²) in [7, 11) is 0. The smallest absolute Gasteiger partial charge is 0.490 e. The van der Waals surface area contributed by atoms with Crippen molar-refractivity contribution in [2.45, 2.75) is 57.4 Å². The molecular weight excluding hydrogens is 328 g/mol. The summed E-state index contributed by atoms with van der Waals surface area (Å²) in [5, 5.41) is 0. The van der Waals surface area contributed by atoms with E-state index in [1.807, 2.05) is 0 Å². The normalized spacial score (nSPS) is 18.7. The van der Waals surface area contributed by atoms with Crippen LogP contribution in [0.1, 0.15) is 44.9 Å². The number of alkyl halides is 3. The van der Waals surface area contributed by atoms with Crippen LogP contribution in [-0.4, -0.2) is 19.1 Å². The highest BCUT2D eigenvalue weighted by Gasteiger charge is 2.35. The van der Waals surface area contributed by atoms with E-state index in [0.717, 1.165) is 38.5 Å². The lowest BCUT2D eigenvalue weighted by Gasteiger charge is -2.27. The molecule has 0 amide bonds. The molecule has 3 rings (SSSR count). The molecule has 0 bridgehead atoms. The summed E-state index contributed by atoms with van der Waals surface area (Å²) in [6.45, 7) is 0.237. The first kappa shape index (κ1) is 17.2. The highest BCUT2D eigenvalue weighted by molar-refractivity contribution is 5.47. The Morgan fingerprint density at radius 2 is 1.67 bits per heavy atom. The van der Waals surface area contributed by atoms with Gasteiger partial charge in [-0.25, -0.2) is 0 Å². The van der Waals surface area contributed by atoms with E-state index in [0.29, 0.717) is 5.92 Å². The second-order valence-corrected chi connectivity index (χ2v) is 6.36. The molecule has 2 saturated carbocycles. The van der Waals surface area contributed by atoms with Gasteiger partial charge in [-0.15, -0.1) is 13.2 Å². The van der Waals surface area contributed by atoms with Gasteiger partial charge in [-0.1, -0.05) is 19.3 Å². The van der Waals surface area contributed by atoms with Crippen molar-refractivity contribution in [3.63, 3.8) is 0 Å². The van der Waals surface area contributed by atoms with Gasteiger partial charge in [-0.2, -0.15) is 4.39 Å². The minimum absolute atomic E-state index is 0.149. The van der Waals surface area contributed by atoms with E-state index >= 15 is 0 Å². The van der Waals surface area contributed by atoms with Gasteiger partial charge in [0, 0.05) is 0 Å². The zero-order valence-electron chi connectivity index (χ0n) is 13.2. The minimum atomic E-state index is -5.00. The first-order valence-corrected chi connectivity index (χ1v) is 8.30. The Labute approximate surface area is 137 Å². The van der Waals surface area contributed by atoms with Crippen molar-refractivity contribution in [3.8, 4) is 17.2 Å². The lowest BCUT2D eigenvalue weighted by Crippen LogP contribution is -2.25. The molecule has 2 aliphatic rings. The first-order chi connectivity index (χ1) is 11.4. The molecule has 134 valence electrons. The maximum absolute atomic E-state index is 14.4. The maximum atomic E-state index is 14.4. The third-order valence-electron chi connectivity index (χ3n) is 4.60. The molecule has 0 atom stereocenters. The van der Waals surface area contributed by atoms with E-state index in [1.54, 1.807) is 0 Å². The van der Waals surface area contributed by atoms with Gasteiger partial charge in [-0.3, -0.25) is 0 Å². The van der Waals surface area contributed by atoms with E-state index < -0.39 is 17.9 Å². The Balaban J connectivity index is 1.72. The molecule has 1 aromatic rings. The van der Waals surface area contributed by atoms with Gasteiger partial charge in [0.2, 0.25) is 11.6 Å². The molecule has 0 radical (unpaired) electrons. The van der Waals surface area contributed by atoms with Crippen LogP contribution in [0.15, 0.2) is 12.1 Å². The fourth-order valence-electron chi connectivity index (χ4n) is 2.72. The number of rotatable bonds is 7. The van der Waals surface area contributed by atoms with Gasteiger partial charge in [0.25, 0.3) is 0 Å². The van der Waals surface area contributed by atoms with Crippen LogP contribution < -0.4 is 14.2 Å². The molecular formula is C17H20F4O3. The largest absolute Gasteiger partial charge is 0.573 e. The molecule has 24 heavy (non-hydrogen) atoms. The Kier molecular flexibility index (Phi) is 5.06. The summed E-state index contributed by atoms with van der Waals surface area (Å²) in [5.41, 5.74) is 0. The molecule has 0 unspecified atom stereocenters. The van der Waals surface area contributed by atoms with Crippen molar-refractivity contribution in [1.82, 2.24) is 0 Å². The highest BCUT2D eigenvalue weighted by atomic mass is 19.4. The molecule has 1 aromatic carbocycles. The summed E-state index contributed by atoms with van der Waals surface area (Å²) in [5.74, 6) is -2.05. The van der Waals surface area contributed by atoms with Gasteiger partial charge in [0.05, 0.1) is 12.7 Å². The predicted molar refractivity (Wildman–Crippen MR) is 78.8 cm³/mol. The van der Waals surface area contributed by atoms with Crippen LogP contribution in [0.25, 0.3) is 0 Å². The first-order valence-electron chi connectivity index (χ1n) is 8.30. The predicted octanol–water partition coefficient (Wildman–Crippen LogP) is 5.22. The molecule has 7 heteroatoms. The Morgan fingerprint density at radius 3 is 2.21 bits per heavy atom. The average Bonchev–Trinajstić information content (AvgIpc) is 2.40. The molecule has 2 fully saturated rings. The monoisotopic (exact) mass is 348 g/mol. The van der Waals surface area contributed by atoms with Gasteiger partial charge in [-0.05, 0) is 43.7 Å². The Bertz CT molecular complexity index is 566. The molecule has 0 heterocycles. The summed E-state index contributed by atoms with van der Waals surface area (Å²) < 4.78 is 66.8. The fraction of sp³-hybridized carbons (Fsp3) is 0.647. The van der Waals surface area contributed by atoms with E-state index in [4.69, 9.17) is 9.47 Å². The zero-order chi connectivity index (χ0) is 17.2. The van der Waals surface area contributed by atoms with Gasteiger partial charge < -0.3 is 14.2 Å². The number of hydrogen-bond donors (Lipinski definition) is 0. The number of hydrogen-bond acceptors (Lipinski definition) is 3. The van der Waals surface area contributed by atoms with E-state index in [1.165, 1.54) is 18.6 Å². The van der Waals surface area contributed by atoms with Gasteiger partial charge >= 0.3 is 6.36 Å². The SMILES string of the molecule is Fc1c(OC2CCC2)ccc(OCCC2CCC2)c1OC(F)(F)F. The molecule has 0 saturated heterocycles. The highest BCUT2D eigenvalue weighted by Crippen LogP contribution is 2.41. The van der Waals surface area contributed by atoms with Crippen molar-refractivity contribution in [2.75, 3.05) is 6.61 Å². The van der Waals surface area contributed by atoms with Crippen LogP contribution in [0.4, 0.5) is 17.6 Å². The second-order valence-electron chi connectivity index (χ2n) is 6.36. The van der Waals surface area contributed by atoms with Crippen LogP contribution in [-0.2, 0) is 0 Å². The van der Waals surface area contributed by atoms with Crippen LogP contribution in [0.5, 0.6) is 17.2 Å². The van der Waals surface area contributed by atoms with Gasteiger partial charge in [0.1, 0.15) is 0 Å². The second kappa shape index (κ2) is 7.07. The Hall–Kier alpha value is -1.66. The number of benzene rings is 1. The quantitative estimate of drug-likeness (QED) is 0.632. The van der Waals surface area contributed by atoms with Crippen LogP contribution in [0.3, 0.4) is 0 Å². The van der Waals surface area contributed by atoms with Crippen molar-refractivity contribution >= 4 is 0 Å². The van der Waals surface area contributed by atoms with Crippen molar-refractivity contribution in [2.24, 2.45) is 5.92 Å². The number of ether oxygens (including phenoxy) is 3. The zero-order valence-corrected chi connectivity index (χ0v) is 13.2. The van der Waals surface area contributed by atoms with Crippen LogP contribution >= 0.6 is 0 Å². The van der Waals surface area contributed by atoms with Crippen molar-refractivity contribution < 1.29 is 31.8 Å². The van der Waals surface area contributed by atoms with Crippen molar-refractivity contribution in [1.29, 1.82) is 0 Å². The lowest BCUT2D eigenvalue weighted by molar-refractivity contribution is -0.276. The third kappa shape index (κ3) is 4.24. The summed E-state index contributed by atoms with van der Waals surface area (Å²) in [4.78, 5) is 0. The summed E-state index contributed by atoms with van der Waals surface area (Å²) >= 11 is 0. The van der Waals surface area contributed by atoms with E-state index in [2.05, 4.69) is 4.74 Å². The van der Waals surface area contributed by atoms with Crippen LogP contribution in [0.2, 0.25) is 0 Å². The minimum Gasteiger partial charge on any atom is -0.490 e. The molecule has 2 aliphatic carbocycles. The van der Waals surface area contributed by atoms with E-state index in [9.17, 15) is 17.6 Å². The molecule has 3 nitrogen and oxygen atoms in total. The topological polar surface area (TPSA) is 27.7 Å². The molecule has 0 aromatic heterocycles. The average molecular weight is 348 g/mol. The standard InChI is InChI=1S/C17H20F4O3/c18-15-13(23-12-5-2-6-12)7-8-14(16(15)24-17(19,20)21)22-10-9-11-3-1-4-11/h7-8,11-12H,1-6,9-10H2. The van der Waals surface area contributed by atoms with E-state index in [-0.39, 0.29) is 24.2 Å². The Morgan fingerprint density at radius 1 is 1.00 bits per heavy atom. The summed E-state index contributed by atoms with van der Waals surface area (Å²) in [6, 6.07) is 2.58. The summed E-state index contributed by atoms with van der Waals surface area (Å²) in [6.07, 6.45) is 1.51. The van der Waals surface area contributed by atoms with Crippen molar-refractivity contribution in [3.05, 3.63) is 17.9 Å². The van der Waals surface area contributed by atoms with Gasteiger partial charge in [0.15, 0.2) is 11.5 Å². The molecule has 0 aliphatic heterocycles. The molecule has 0 spiro atoms. The fourth-order valence-corrected chi connectivity index (χ4v) is 2.72. The molecule has 0 N–H and O–H groups in total.